The number of carbonyl (C=O) groups excluding carboxylic acids is 4. The number of amides is 2. The van der Waals surface area contributed by atoms with Crippen LogP contribution in [0.3, 0.4) is 0 Å². The number of rotatable bonds is 8. The van der Waals surface area contributed by atoms with E-state index in [9.17, 15) is 19.2 Å². The average molecular weight is 410 g/mol. The minimum atomic E-state index is -0.628. The van der Waals surface area contributed by atoms with Crippen LogP contribution in [0.1, 0.15) is 54.8 Å². The first kappa shape index (κ1) is 21.9. The number of hydrogen-bond acceptors (Lipinski definition) is 7. The second kappa shape index (κ2) is 10.8. The molecular weight excluding hydrogens is 384 g/mol. The highest BCUT2D eigenvalue weighted by Gasteiger charge is 2.22. The Balaban J connectivity index is 1.88. The van der Waals surface area contributed by atoms with Crippen LogP contribution >= 0.6 is 11.3 Å². The smallest absolute Gasteiger partial charge is 0.341 e. The summed E-state index contributed by atoms with van der Waals surface area (Å²) in [7, 11) is 0. The molecule has 1 saturated heterocycles. The topological polar surface area (TPSA) is 102 Å². The summed E-state index contributed by atoms with van der Waals surface area (Å²) in [5, 5.41) is 2.98. The third-order valence-electron chi connectivity index (χ3n) is 4.24. The highest BCUT2D eigenvalue weighted by Crippen LogP contribution is 2.29. The van der Waals surface area contributed by atoms with Crippen LogP contribution in [0.25, 0.3) is 0 Å². The van der Waals surface area contributed by atoms with Gasteiger partial charge in [-0.3, -0.25) is 14.4 Å². The van der Waals surface area contributed by atoms with Crippen molar-refractivity contribution in [1.82, 2.24) is 4.90 Å². The fraction of sp³-hybridized carbons (Fsp3) is 0.579. The van der Waals surface area contributed by atoms with Crippen LogP contribution in [0.5, 0.6) is 0 Å². The Morgan fingerprint density at radius 1 is 1.18 bits per heavy atom. The summed E-state index contributed by atoms with van der Waals surface area (Å²) in [5.41, 5.74) is 0.290. The first-order chi connectivity index (χ1) is 13.4. The van der Waals surface area contributed by atoms with Crippen LogP contribution in [0.2, 0.25) is 0 Å². The second-order valence-electron chi connectivity index (χ2n) is 6.36. The van der Waals surface area contributed by atoms with E-state index in [1.807, 2.05) is 6.92 Å². The standard InChI is InChI=1S/C19H26N2O6S/c1-3-13-10-14(19(25)26-4-2)18(28-13)20-15(22)12-27-17(24)11-21-9-7-5-6-8-16(21)23/h10H,3-9,11-12H2,1-2H3,(H,20,22). The summed E-state index contributed by atoms with van der Waals surface area (Å²) in [4.78, 5) is 50.5. The van der Waals surface area contributed by atoms with Crippen LogP contribution in [0.4, 0.5) is 5.00 Å². The van der Waals surface area contributed by atoms with Crippen molar-refractivity contribution in [2.45, 2.75) is 46.0 Å². The maximum Gasteiger partial charge on any atom is 0.341 e. The molecule has 0 spiro atoms. The molecule has 0 aromatic carbocycles. The number of anilines is 1. The van der Waals surface area contributed by atoms with Gasteiger partial charge in [-0.2, -0.15) is 0 Å². The predicted octanol–water partition coefficient (Wildman–Crippen LogP) is 2.37. The molecule has 1 aromatic heterocycles. The van der Waals surface area contributed by atoms with Crippen molar-refractivity contribution in [3.63, 3.8) is 0 Å². The molecule has 1 aliphatic heterocycles. The van der Waals surface area contributed by atoms with Gasteiger partial charge in [0.25, 0.3) is 5.91 Å². The molecule has 1 N–H and O–H groups in total. The maximum atomic E-state index is 12.1. The lowest BCUT2D eigenvalue weighted by Gasteiger charge is -2.19. The lowest BCUT2D eigenvalue weighted by molar-refractivity contribution is -0.151. The molecular formula is C19H26N2O6S. The number of aryl methyl sites for hydroxylation is 1. The van der Waals surface area contributed by atoms with Gasteiger partial charge in [-0.15, -0.1) is 11.3 Å². The van der Waals surface area contributed by atoms with E-state index in [-0.39, 0.29) is 19.1 Å². The van der Waals surface area contributed by atoms with E-state index in [2.05, 4.69) is 5.32 Å². The minimum absolute atomic E-state index is 0.0661. The van der Waals surface area contributed by atoms with Gasteiger partial charge in [0, 0.05) is 17.8 Å². The van der Waals surface area contributed by atoms with E-state index in [4.69, 9.17) is 9.47 Å². The van der Waals surface area contributed by atoms with E-state index in [0.29, 0.717) is 30.0 Å². The van der Waals surface area contributed by atoms with Crippen LogP contribution in [-0.4, -0.2) is 55.0 Å². The Morgan fingerprint density at radius 3 is 2.68 bits per heavy atom. The largest absolute Gasteiger partial charge is 0.462 e. The highest BCUT2D eigenvalue weighted by atomic mass is 32.1. The number of thiophene rings is 1. The van der Waals surface area contributed by atoms with Gasteiger partial charge in [0.05, 0.1) is 12.2 Å². The lowest BCUT2D eigenvalue weighted by atomic mass is 10.2. The Hall–Kier alpha value is -2.42. The van der Waals surface area contributed by atoms with Gasteiger partial charge in [0.15, 0.2) is 6.61 Å². The molecule has 2 rings (SSSR count). The molecule has 0 bridgehead atoms. The normalized spacial score (nSPS) is 14.4. The van der Waals surface area contributed by atoms with Gasteiger partial charge < -0.3 is 19.7 Å². The van der Waals surface area contributed by atoms with E-state index in [1.54, 1.807) is 13.0 Å². The monoisotopic (exact) mass is 410 g/mol. The summed E-state index contributed by atoms with van der Waals surface area (Å²) in [6.07, 6.45) is 3.79. The number of carbonyl (C=O) groups is 4. The third kappa shape index (κ3) is 6.33. The van der Waals surface area contributed by atoms with Crippen molar-refractivity contribution in [1.29, 1.82) is 0 Å². The van der Waals surface area contributed by atoms with Gasteiger partial charge in [-0.1, -0.05) is 13.3 Å². The molecule has 2 amide bonds. The van der Waals surface area contributed by atoms with Gasteiger partial charge in [0.1, 0.15) is 11.5 Å². The van der Waals surface area contributed by atoms with Crippen LogP contribution < -0.4 is 5.32 Å². The molecule has 8 nitrogen and oxygen atoms in total. The van der Waals surface area contributed by atoms with Gasteiger partial charge >= 0.3 is 11.9 Å². The molecule has 9 heteroatoms. The molecule has 0 saturated carbocycles. The van der Waals surface area contributed by atoms with Gasteiger partial charge in [-0.25, -0.2) is 4.79 Å². The molecule has 28 heavy (non-hydrogen) atoms. The SMILES string of the molecule is CCOC(=O)c1cc(CC)sc1NC(=O)COC(=O)CN1CCCCCC1=O. The Kier molecular flexibility index (Phi) is 8.43. The first-order valence-electron chi connectivity index (χ1n) is 9.47. The Labute approximate surface area is 168 Å². The van der Waals surface area contributed by atoms with E-state index in [0.717, 1.165) is 24.1 Å². The zero-order valence-electron chi connectivity index (χ0n) is 16.2. The number of hydrogen-bond donors (Lipinski definition) is 1. The van der Waals surface area contributed by atoms with Crippen molar-refractivity contribution >= 4 is 40.1 Å². The number of esters is 2. The van der Waals surface area contributed by atoms with Crippen molar-refractivity contribution < 1.29 is 28.7 Å². The van der Waals surface area contributed by atoms with Gasteiger partial charge in [0.2, 0.25) is 5.91 Å². The quantitative estimate of drug-likeness (QED) is 0.660. The Bertz CT molecular complexity index is 730. The zero-order chi connectivity index (χ0) is 20.5. The fourth-order valence-electron chi connectivity index (χ4n) is 2.79. The van der Waals surface area contributed by atoms with E-state index >= 15 is 0 Å². The Morgan fingerprint density at radius 2 is 1.96 bits per heavy atom. The molecule has 154 valence electrons. The molecule has 1 aromatic rings. The molecule has 1 aliphatic rings. The molecule has 2 heterocycles. The van der Waals surface area contributed by atoms with Crippen molar-refractivity contribution in [3.8, 4) is 0 Å². The number of ether oxygens (including phenoxy) is 2. The maximum absolute atomic E-state index is 12.1. The highest BCUT2D eigenvalue weighted by molar-refractivity contribution is 7.16. The number of nitrogens with zero attached hydrogens (tertiary/aromatic N) is 1. The molecule has 0 unspecified atom stereocenters. The lowest BCUT2D eigenvalue weighted by Crippen LogP contribution is -2.36. The van der Waals surface area contributed by atoms with E-state index < -0.39 is 24.5 Å². The molecule has 0 radical (unpaired) electrons. The summed E-state index contributed by atoms with van der Waals surface area (Å²) in [6.45, 7) is 3.77. The summed E-state index contributed by atoms with van der Waals surface area (Å²) in [6, 6.07) is 1.69. The molecule has 0 atom stereocenters. The first-order valence-corrected chi connectivity index (χ1v) is 10.3. The summed E-state index contributed by atoms with van der Waals surface area (Å²) >= 11 is 1.28. The number of nitrogens with one attached hydrogen (secondary N) is 1. The zero-order valence-corrected chi connectivity index (χ0v) is 17.1. The minimum Gasteiger partial charge on any atom is -0.462 e. The molecule has 1 fully saturated rings. The fourth-order valence-corrected chi connectivity index (χ4v) is 3.79. The number of likely N-dealkylation sites (tertiary alicyclic amines) is 1. The second-order valence-corrected chi connectivity index (χ2v) is 7.50. The predicted molar refractivity (Wildman–Crippen MR) is 104 cm³/mol. The van der Waals surface area contributed by atoms with E-state index in [1.165, 1.54) is 16.2 Å². The summed E-state index contributed by atoms with van der Waals surface area (Å²) < 4.78 is 10.00. The third-order valence-corrected chi connectivity index (χ3v) is 5.43. The molecule has 0 aliphatic carbocycles. The van der Waals surface area contributed by atoms with Crippen LogP contribution in [0, 0.1) is 0 Å². The van der Waals surface area contributed by atoms with Crippen molar-refractivity contribution in [2.75, 3.05) is 31.6 Å². The van der Waals surface area contributed by atoms with Crippen LogP contribution in [-0.2, 0) is 30.3 Å². The van der Waals surface area contributed by atoms with Crippen molar-refractivity contribution in [3.05, 3.63) is 16.5 Å². The van der Waals surface area contributed by atoms with Gasteiger partial charge in [-0.05, 0) is 32.3 Å². The summed E-state index contributed by atoms with van der Waals surface area (Å²) in [5.74, 6) is -1.75. The van der Waals surface area contributed by atoms with Crippen molar-refractivity contribution in [2.24, 2.45) is 0 Å². The van der Waals surface area contributed by atoms with Crippen LogP contribution in [0.15, 0.2) is 6.07 Å². The average Bonchev–Trinajstić information content (AvgIpc) is 2.97.